The molecule has 1 heterocycles. The van der Waals surface area contributed by atoms with E-state index in [1.165, 1.54) is 0 Å². The molecule has 0 radical (unpaired) electrons. The monoisotopic (exact) mass is 309 g/mol. The second-order valence-electron chi connectivity index (χ2n) is 5.45. The van der Waals surface area contributed by atoms with E-state index in [0.717, 1.165) is 28.1 Å². The van der Waals surface area contributed by atoms with Crippen LogP contribution in [0.1, 0.15) is 23.6 Å². The number of nitrogens with zero attached hydrogens (tertiary/aromatic N) is 2. The summed E-state index contributed by atoms with van der Waals surface area (Å²) in [6.07, 6.45) is 0.713. The van der Waals surface area contributed by atoms with E-state index in [1.807, 2.05) is 43.3 Å². The number of hydrogen-bond acceptors (Lipinski definition) is 5. The van der Waals surface area contributed by atoms with Crippen LogP contribution in [0.3, 0.4) is 0 Å². The molecule has 0 saturated carbocycles. The lowest BCUT2D eigenvalue weighted by Crippen LogP contribution is -2.08. The van der Waals surface area contributed by atoms with Crippen LogP contribution in [0.25, 0.3) is 0 Å². The Labute approximate surface area is 135 Å². The van der Waals surface area contributed by atoms with E-state index in [4.69, 9.17) is 15.2 Å². The van der Waals surface area contributed by atoms with Crippen molar-refractivity contribution in [2.24, 2.45) is 10.2 Å². The van der Waals surface area contributed by atoms with Gasteiger partial charge in [-0.05, 0) is 36.8 Å². The van der Waals surface area contributed by atoms with Gasteiger partial charge in [-0.15, -0.1) is 5.10 Å². The first kappa shape index (κ1) is 15.1. The van der Waals surface area contributed by atoms with Gasteiger partial charge in [0.1, 0.15) is 5.71 Å². The Hall–Kier alpha value is -2.82. The molecule has 3 rings (SSSR count). The lowest BCUT2D eigenvalue weighted by molar-refractivity contribution is 0.354. The van der Waals surface area contributed by atoms with E-state index in [2.05, 4.69) is 10.2 Å². The van der Waals surface area contributed by atoms with Gasteiger partial charge in [-0.1, -0.05) is 12.1 Å². The summed E-state index contributed by atoms with van der Waals surface area (Å²) in [4.78, 5) is 0. The van der Waals surface area contributed by atoms with Crippen LogP contribution in [-0.4, -0.2) is 25.6 Å². The summed E-state index contributed by atoms with van der Waals surface area (Å²) in [5.41, 5.74) is 11.3. The SMILES string of the molecule is COc1cc2c(cc1OC)C(c1cccc(N)c1)=NN=C(C)C2. The molecule has 2 N–H and O–H groups in total. The highest BCUT2D eigenvalue weighted by molar-refractivity contribution is 6.15. The zero-order valence-corrected chi connectivity index (χ0v) is 13.5. The molecular formula is C18H19N3O2. The van der Waals surface area contributed by atoms with Gasteiger partial charge in [0.2, 0.25) is 0 Å². The van der Waals surface area contributed by atoms with Crippen molar-refractivity contribution in [1.82, 2.24) is 0 Å². The molecule has 0 bridgehead atoms. The molecule has 118 valence electrons. The van der Waals surface area contributed by atoms with E-state index in [1.54, 1.807) is 14.2 Å². The van der Waals surface area contributed by atoms with Gasteiger partial charge >= 0.3 is 0 Å². The summed E-state index contributed by atoms with van der Waals surface area (Å²) in [5.74, 6) is 1.37. The molecule has 0 spiro atoms. The molecule has 0 aliphatic carbocycles. The minimum absolute atomic E-state index is 0.669. The Morgan fingerprint density at radius 2 is 1.74 bits per heavy atom. The zero-order valence-electron chi connectivity index (χ0n) is 13.5. The summed E-state index contributed by atoms with van der Waals surface area (Å²) in [5, 5.41) is 8.76. The average Bonchev–Trinajstić information content (AvgIpc) is 2.71. The molecule has 2 aromatic rings. The largest absolute Gasteiger partial charge is 0.493 e. The standard InChI is InChI=1S/C18H19N3O2/c1-11-7-13-9-16(22-2)17(23-3)10-15(13)18(21-20-11)12-5-4-6-14(19)8-12/h4-6,8-10H,7,19H2,1-3H3. The average molecular weight is 309 g/mol. The van der Waals surface area contributed by atoms with Crippen molar-refractivity contribution in [1.29, 1.82) is 0 Å². The third-order valence-corrected chi connectivity index (χ3v) is 3.79. The van der Waals surface area contributed by atoms with Gasteiger partial charge in [-0.2, -0.15) is 5.10 Å². The van der Waals surface area contributed by atoms with Crippen LogP contribution in [0.5, 0.6) is 11.5 Å². The summed E-state index contributed by atoms with van der Waals surface area (Å²) >= 11 is 0. The number of nitrogen functional groups attached to an aromatic ring is 1. The van der Waals surface area contributed by atoms with Gasteiger partial charge in [-0.25, -0.2) is 0 Å². The van der Waals surface area contributed by atoms with Crippen molar-refractivity contribution in [3.8, 4) is 11.5 Å². The Morgan fingerprint density at radius 1 is 1.00 bits per heavy atom. The molecule has 0 saturated heterocycles. The highest BCUT2D eigenvalue weighted by Gasteiger charge is 2.19. The van der Waals surface area contributed by atoms with Crippen molar-refractivity contribution in [2.45, 2.75) is 13.3 Å². The van der Waals surface area contributed by atoms with Gasteiger partial charge in [-0.3, -0.25) is 0 Å². The van der Waals surface area contributed by atoms with Crippen molar-refractivity contribution >= 4 is 17.1 Å². The van der Waals surface area contributed by atoms with Crippen molar-refractivity contribution < 1.29 is 9.47 Å². The molecule has 0 fully saturated rings. The van der Waals surface area contributed by atoms with Gasteiger partial charge in [0.25, 0.3) is 0 Å². The first-order valence-electron chi connectivity index (χ1n) is 7.34. The van der Waals surface area contributed by atoms with E-state index < -0.39 is 0 Å². The molecule has 1 aliphatic rings. The topological polar surface area (TPSA) is 69.2 Å². The van der Waals surface area contributed by atoms with Crippen LogP contribution in [0.15, 0.2) is 46.6 Å². The number of rotatable bonds is 3. The van der Waals surface area contributed by atoms with Crippen LogP contribution in [0.2, 0.25) is 0 Å². The van der Waals surface area contributed by atoms with Crippen LogP contribution in [0.4, 0.5) is 5.69 Å². The molecule has 0 amide bonds. The normalized spacial score (nSPS) is 13.5. The molecule has 5 heteroatoms. The van der Waals surface area contributed by atoms with Gasteiger partial charge in [0.15, 0.2) is 11.5 Å². The Balaban J connectivity index is 2.22. The first-order valence-corrected chi connectivity index (χ1v) is 7.34. The number of ether oxygens (including phenoxy) is 2. The van der Waals surface area contributed by atoms with E-state index in [0.29, 0.717) is 23.6 Å². The predicted molar refractivity (Wildman–Crippen MR) is 92.9 cm³/mol. The molecule has 0 aromatic heterocycles. The van der Waals surface area contributed by atoms with Crippen molar-refractivity contribution in [3.05, 3.63) is 53.1 Å². The molecular weight excluding hydrogens is 290 g/mol. The molecule has 0 atom stereocenters. The highest BCUT2D eigenvalue weighted by Crippen LogP contribution is 2.33. The van der Waals surface area contributed by atoms with E-state index in [-0.39, 0.29) is 0 Å². The number of benzene rings is 2. The lowest BCUT2D eigenvalue weighted by atomic mass is 9.94. The van der Waals surface area contributed by atoms with E-state index >= 15 is 0 Å². The fourth-order valence-corrected chi connectivity index (χ4v) is 2.69. The van der Waals surface area contributed by atoms with Crippen molar-refractivity contribution in [3.63, 3.8) is 0 Å². The number of nitrogens with two attached hydrogens (primary N) is 1. The Bertz CT molecular complexity index is 810. The van der Waals surface area contributed by atoms with Gasteiger partial charge in [0.05, 0.1) is 14.2 Å². The quantitative estimate of drug-likeness (QED) is 0.886. The molecule has 5 nitrogen and oxygen atoms in total. The molecule has 2 aromatic carbocycles. The third kappa shape index (κ3) is 2.90. The number of hydrogen-bond donors (Lipinski definition) is 1. The first-order chi connectivity index (χ1) is 11.1. The fraction of sp³-hybridized carbons (Fsp3) is 0.222. The maximum atomic E-state index is 5.92. The minimum atomic E-state index is 0.669. The van der Waals surface area contributed by atoms with Crippen LogP contribution >= 0.6 is 0 Å². The third-order valence-electron chi connectivity index (χ3n) is 3.79. The van der Waals surface area contributed by atoms with Crippen LogP contribution < -0.4 is 15.2 Å². The van der Waals surface area contributed by atoms with Crippen molar-refractivity contribution in [2.75, 3.05) is 20.0 Å². The number of anilines is 1. The molecule has 0 unspecified atom stereocenters. The number of methoxy groups -OCH3 is 2. The van der Waals surface area contributed by atoms with Crippen LogP contribution in [0, 0.1) is 0 Å². The number of fused-ring (bicyclic) bond motifs is 1. The smallest absolute Gasteiger partial charge is 0.161 e. The fourth-order valence-electron chi connectivity index (χ4n) is 2.69. The maximum Gasteiger partial charge on any atom is 0.161 e. The summed E-state index contributed by atoms with van der Waals surface area (Å²) < 4.78 is 10.8. The minimum Gasteiger partial charge on any atom is -0.493 e. The second kappa shape index (κ2) is 6.12. The highest BCUT2D eigenvalue weighted by atomic mass is 16.5. The lowest BCUT2D eigenvalue weighted by Gasteiger charge is -2.15. The zero-order chi connectivity index (χ0) is 16.4. The maximum absolute atomic E-state index is 5.92. The Morgan fingerprint density at radius 3 is 2.43 bits per heavy atom. The molecule has 1 aliphatic heterocycles. The molecule has 23 heavy (non-hydrogen) atoms. The Kier molecular flexibility index (Phi) is 4.02. The van der Waals surface area contributed by atoms with E-state index in [9.17, 15) is 0 Å². The second-order valence-corrected chi connectivity index (χ2v) is 5.45. The summed E-state index contributed by atoms with van der Waals surface area (Å²) in [6, 6.07) is 11.6. The van der Waals surface area contributed by atoms with Crippen LogP contribution in [-0.2, 0) is 6.42 Å². The summed E-state index contributed by atoms with van der Waals surface area (Å²) in [6.45, 7) is 1.96. The summed E-state index contributed by atoms with van der Waals surface area (Å²) in [7, 11) is 3.26. The van der Waals surface area contributed by atoms with Gasteiger partial charge in [0, 0.05) is 28.9 Å². The van der Waals surface area contributed by atoms with Gasteiger partial charge < -0.3 is 15.2 Å². The predicted octanol–water partition coefficient (Wildman–Crippen LogP) is 3.06.